The van der Waals surface area contributed by atoms with Gasteiger partial charge in [-0.3, -0.25) is 4.79 Å². The molecule has 1 aromatic rings. The van der Waals surface area contributed by atoms with E-state index >= 15 is 0 Å². The molecule has 1 aromatic carbocycles. The molecular formula is C11H12BrFO. The van der Waals surface area contributed by atoms with Crippen molar-refractivity contribution in [1.82, 2.24) is 0 Å². The molecule has 14 heavy (non-hydrogen) atoms. The van der Waals surface area contributed by atoms with Crippen molar-refractivity contribution in [3.8, 4) is 0 Å². The highest BCUT2D eigenvalue weighted by Gasteiger charge is 2.17. The minimum absolute atomic E-state index is 0.0574. The molecule has 0 saturated heterocycles. The lowest BCUT2D eigenvalue weighted by Crippen LogP contribution is -2.09. The Morgan fingerprint density at radius 2 is 2.21 bits per heavy atom. The Balaban J connectivity index is 3.05. The smallest absolute Gasteiger partial charge is 0.139 e. The third-order valence-corrected chi connectivity index (χ3v) is 2.75. The Morgan fingerprint density at radius 3 is 2.79 bits per heavy atom. The molecule has 0 aromatic heterocycles. The summed E-state index contributed by atoms with van der Waals surface area (Å²) < 4.78 is 14.1. The van der Waals surface area contributed by atoms with Gasteiger partial charge in [0.2, 0.25) is 0 Å². The normalized spacial score (nSPS) is 12.6. The van der Waals surface area contributed by atoms with Gasteiger partial charge < -0.3 is 0 Å². The quantitative estimate of drug-likeness (QED) is 0.809. The van der Waals surface area contributed by atoms with Gasteiger partial charge in [-0.15, -0.1) is 0 Å². The summed E-state index contributed by atoms with van der Waals surface area (Å²) in [5.74, 6) is -0.623. The SMILES string of the molecule is CCC(=O)C(C)c1cc(Br)ccc1F. The molecule has 0 amide bonds. The van der Waals surface area contributed by atoms with Crippen LogP contribution in [-0.4, -0.2) is 5.78 Å². The van der Waals surface area contributed by atoms with E-state index in [1.54, 1.807) is 26.0 Å². The van der Waals surface area contributed by atoms with E-state index < -0.39 is 0 Å². The minimum atomic E-state index is -0.363. The molecule has 1 atom stereocenters. The molecule has 1 unspecified atom stereocenters. The average Bonchev–Trinajstić information content (AvgIpc) is 2.19. The van der Waals surface area contributed by atoms with Gasteiger partial charge in [0.05, 0.1) is 0 Å². The second kappa shape index (κ2) is 4.69. The summed E-state index contributed by atoms with van der Waals surface area (Å²) in [5.41, 5.74) is 0.464. The fraction of sp³-hybridized carbons (Fsp3) is 0.364. The predicted octanol–water partition coefficient (Wildman–Crippen LogP) is 3.67. The van der Waals surface area contributed by atoms with Gasteiger partial charge in [0.15, 0.2) is 0 Å². The zero-order chi connectivity index (χ0) is 10.7. The third kappa shape index (κ3) is 2.41. The molecule has 3 heteroatoms. The molecule has 0 fully saturated rings. The molecule has 0 bridgehead atoms. The predicted molar refractivity (Wildman–Crippen MR) is 57.8 cm³/mol. The van der Waals surface area contributed by atoms with Crippen LogP contribution < -0.4 is 0 Å². The monoisotopic (exact) mass is 258 g/mol. The number of carbonyl (C=O) groups excluding carboxylic acids is 1. The van der Waals surface area contributed by atoms with Crippen LogP contribution in [0.2, 0.25) is 0 Å². The highest BCUT2D eigenvalue weighted by atomic mass is 79.9. The van der Waals surface area contributed by atoms with Crippen LogP contribution in [0.3, 0.4) is 0 Å². The number of Topliss-reactive ketones (excluding diaryl/α,β-unsaturated/α-hetero) is 1. The van der Waals surface area contributed by atoms with Gasteiger partial charge in [-0.2, -0.15) is 0 Å². The molecule has 1 rings (SSSR count). The van der Waals surface area contributed by atoms with Crippen molar-refractivity contribution in [2.24, 2.45) is 0 Å². The Morgan fingerprint density at radius 1 is 1.57 bits per heavy atom. The number of hydrogen-bond donors (Lipinski definition) is 0. The summed E-state index contributed by atoms with van der Waals surface area (Å²) in [6.45, 7) is 3.52. The fourth-order valence-corrected chi connectivity index (χ4v) is 1.70. The second-order valence-electron chi connectivity index (χ2n) is 3.21. The molecule has 0 saturated carbocycles. The lowest BCUT2D eigenvalue weighted by molar-refractivity contribution is -0.119. The molecule has 0 N–H and O–H groups in total. The van der Waals surface area contributed by atoms with E-state index in [1.807, 2.05) is 0 Å². The van der Waals surface area contributed by atoms with Gasteiger partial charge in [0, 0.05) is 16.8 Å². The molecule has 0 aliphatic carbocycles. The van der Waals surface area contributed by atoms with Gasteiger partial charge in [0.1, 0.15) is 11.6 Å². The summed E-state index contributed by atoms with van der Waals surface area (Å²) in [7, 11) is 0. The average molecular weight is 259 g/mol. The number of hydrogen-bond acceptors (Lipinski definition) is 1. The molecule has 0 heterocycles. The van der Waals surface area contributed by atoms with Crippen molar-refractivity contribution in [3.05, 3.63) is 34.1 Å². The topological polar surface area (TPSA) is 17.1 Å². The summed E-state index contributed by atoms with van der Waals surface area (Å²) in [6.07, 6.45) is 0.438. The zero-order valence-electron chi connectivity index (χ0n) is 8.18. The van der Waals surface area contributed by atoms with E-state index in [2.05, 4.69) is 15.9 Å². The van der Waals surface area contributed by atoms with Gasteiger partial charge in [-0.25, -0.2) is 4.39 Å². The van der Waals surface area contributed by atoms with E-state index in [1.165, 1.54) is 6.07 Å². The van der Waals surface area contributed by atoms with Crippen molar-refractivity contribution >= 4 is 21.7 Å². The number of rotatable bonds is 3. The van der Waals surface area contributed by atoms with Crippen LogP contribution in [0.4, 0.5) is 4.39 Å². The van der Waals surface area contributed by atoms with E-state index in [4.69, 9.17) is 0 Å². The number of carbonyl (C=O) groups is 1. The first-order chi connectivity index (χ1) is 6.56. The zero-order valence-corrected chi connectivity index (χ0v) is 9.77. The number of benzene rings is 1. The molecule has 0 spiro atoms. The highest BCUT2D eigenvalue weighted by molar-refractivity contribution is 9.10. The lowest BCUT2D eigenvalue weighted by atomic mass is 9.95. The third-order valence-electron chi connectivity index (χ3n) is 2.26. The van der Waals surface area contributed by atoms with Crippen LogP contribution in [0.25, 0.3) is 0 Å². The van der Waals surface area contributed by atoms with Gasteiger partial charge in [0.25, 0.3) is 0 Å². The first kappa shape index (κ1) is 11.4. The molecule has 76 valence electrons. The maximum Gasteiger partial charge on any atom is 0.139 e. The van der Waals surface area contributed by atoms with E-state index in [-0.39, 0.29) is 17.5 Å². The summed E-state index contributed by atoms with van der Waals surface area (Å²) in [5, 5.41) is 0. The lowest BCUT2D eigenvalue weighted by Gasteiger charge is -2.10. The summed E-state index contributed by atoms with van der Waals surface area (Å²) >= 11 is 3.26. The molecule has 0 aliphatic rings. The molecule has 1 nitrogen and oxygen atoms in total. The highest BCUT2D eigenvalue weighted by Crippen LogP contribution is 2.24. The second-order valence-corrected chi connectivity index (χ2v) is 4.12. The van der Waals surface area contributed by atoms with Crippen molar-refractivity contribution in [1.29, 1.82) is 0 Å². The Kier molecular flexibility index (Phi) is 3.81. The van der Waals surface area contributed by atoms with Crippen LogP contribution in [-0.2, 0) is 4.79 Å². The molecular weight excluding hydrogens is 247 g/mol. The van der Waals surface area contributed by atoms with E-state index in [9.17, 15) is 9.18 Å². The van der Waals surface area contributed by atoms with E-state index in [0.717, 1.165) is 4.47 Å². The van der Waals surface area contributed by atoms with Crippen LogP contribution >= 0.6 is 15.9 Å². The first-order valence-corrected chi connectivity index (χ1v) is 5.33. The minimum Gasteiger partial charge on any atom is -0.299 e. The van der Waals surface area contributed by atoms with Crippen LogP contribution in [0.1, 0.15) is 31.7 Å². The van der Waals surface area contributed by atoms with Crippen LogP contribution in [0.5, 0.6) is 0 Å². The maximum absolute atomic E-state index is 13.3. The first-order valence-electron chi connectivity index (χ1n) is 4.54. The van der Waals surface area contributed by atoms with Crippen molar-refractivity contribution in [3.63, 3.8) is 0 Å². The van der Waals surface area contributed by atoms with Crippen molar-refractivity contribution in [2.75, 3.05) is 0 Å². The Bertz CT molecular complexity index is 349. The summed E-state index contributed by atoms with van der Waals surface area (Å²) in [6, 6.07) is 4.66. The van der Waals surface area contributed by atoms with Crippen LogP contribution in [0.15, 0.2) is 22.7 Å². The van der Waals surface area contributed by atoms with Crippen molar-refractivity contribution < 1.29 is 9.18 Å². The summed E-state index contributed by atoms with van der Waals surface area (Å²) in [4.78, 5) is 11.4. The Labute approximate surface area is 91.5 Å². The number of halogens is 2. The fourth-order valence-electron chi connectivity index (χ4n) is 1.33. The maximum atomic E-state index is 13.3. The van der Waals surface area contributed by atoms with Crippen molar-refractivity contribution in [2.45, 2.75) is 26.2 Å². The Hall–Kier alpha value is -0.700. The van der Waals surface area contributed by atoms with Gasteiger partial charge in [-0.05, 0) is 23.8 Å². The standard InChI is InChI=1S/C11H12BrFO/c1-3-11(14)7(2)9-6-8(12)4-5-10(9)13/h4-7H,3H2,1-2H3. The van der Waals surface area contributed by atoms with Crippen LogP contribution in [0, 0.1) is 5.82 Å². The van der Waals surface area contributed by atoms with Gasteiger partial charge >= 0.3 is 0 Å². The van der Waals surface area contributed by atoms with Gasteiger partial charge in [-0.1, -0.05) is 29.8 Å². The van der Waals surface area contributed by atoms with E-state index in [0.29, 0.717) is 12.0 Å². The molecule has 0 radical (unpaired) electrons. The molecule has 0 aliphatic heterocycles. The number of ketones is 1. The largest absolute Gasteiger partial charge is 0.299 e.